The van der Waals surface area contributed by atoms with Gasteiger partial charge in [-0.3, -0.25) is 9.78 Å². The number of ether oxygens (including phenoxy) is 2. The second-order valence-corrected chi connectivity index (χ2v) is 4.01. The van der Waals surface area contributed by atoms with Crippen molar-refractivity contribution < 1.29 is 14.3 Å². The van der Waals surface area contributed by atoms with Crippen molar-refractivity contribution in [1.29, 1.82) is 0 Å². The lowest BCUT2D eigenvalue weighted by atomic mass is 10.2. The number of esters is 1. The third-order valence-corrected chi connectivity index (χ3v) is 2.84. The molecule has 1 heterocycles. The van der Waals surface area contributed by atoms with Crippen LogP contribution in [0.25, 0.3) is 10.9 Å². The van der Waals surface area contributed by atoms with Gasteiger partial charge >= 0.3 is 5.97 Å². The van der Waals surface area contributed by atoms with E-state index in [-0.39, 0.29) is 12.6 Å². The molecule has 0 saturated heterocycles. The average Bonchev–Trinajstić information content (AvgIpc) is 2.47. The van der Waals surface area contributed by atoms with Crippen molar-refractivity contribution in [3.63, 3.8) is 0 Å². The first-order valence-electron chi connectivity index (χ1n) is 5.98. The number of benzene rings is 1. The molecule has 1 aromatic heterocycles. The Kier molecular flexibility index (Phi) is 4.30. The molecule has 5 nitrogen and oxygen atoms in total. The molecule has 1 aromatic carbocycles. The molecular weight excluding hydrogens is 244 g/mol. The number of para-hydroxylation sites is 1. The highest BCUT2D eigenvalue weighted by atomic mass is 16.5. The minimum atomic E-state index is -0.496. The van der Waals surface area contributed by atoms with E-state index in [1.54, 1.807) is 13.2 Å². The quantitative estimate of drug-likeness (QED) is 0.823. The van der Waals surface area contributed by atoms with Crippen LogP contribution >= 0.6 is 0 Å². The molecule has 0 radical (unpaired) electrons. The van der Waals surface area contributed by atoms with Gasteiger partial charge in [-0.25, -0.2) is 0 Å². The molecule has 2 aromatic rings. The maximum Gasteiger partial charge on any atom is 0.326 e. The third kappa shape index (κ3) is 3.00. The maximum atomic E-state index is 11.4. The Bertz CT molecular complexity index is 566. The van der Waals surface area contributed by atoms with E-state index in [2.05, 4.69) is 15.0 Å². The summed E-state index contributed by atoms with van der Waals surface area (Å²) in [4.78, 5) is 15.7. The van der Waals surface area contributed by atoms with E-state index in [0.29, 0.717) is 5.75 Å². The number of hydrogen-bond donors (Lipinski definition) is 1. The highest BCUT2D eigenvalue weighted by molar-refractivity contribution is 5.84. The van der Waals surface area contributed by atoms with Gasteiger partial charge in [-0.2, -0.15) is 0 Å². The molecule has 0 saturated carbocycles. The molecule has 1 atom stereocenters. The molecule has 0 bridgehead atoms. The lowest BCUT2D eigenvalue weighted by molar-refractivity contribution is -0.143. The molecule has 19 heavy (non-hydrogen) atoms. The van der Waals surface area contributed by atoms with Crippen molar-refractivity contribution >= 4 is 16.9 Å². The monoisotopic (exact) mass is 260 g/mol. The van der Waals surface area contributed by atoms with Gasteiger partial charge in [-0.05, 0) is 19.2 Å². The summed E-state index contributed by atoms with van der Waals surface area (Å²) in [6, 6.07) is 9.03. The summed E-state index contributed by atoms with van der Waals surface area (Å²) in [7, 11) is 3.04. The van der Waals surface area contributed by atoms with Crippen molar-refractivity contribution in [3.05, 3.63) is 36.5 Å². The third-order valence-electron chi connectivity index (χ3n) is 2.84. The molecule has 1 N–H and O–H groups in total. The van der Waals surface area contributed by atoms with Crippen LogP contribution in [-0.4, -0.2) is 37.8 Å². The molecule has 0 fully saturated rings. The second-order valence-electron chi connectivity index (χ2n) is 4.01. The number of rotatable bonds is 5. The molecule has 0 aliphatic heterocycles. The van der Waals surface area contributed by atoms with Crippen LogP contribution in [0.1, 0.15) is 0 Å². The predicted octanol–water partition coefficient (Wildman–Crippen LogP) is 1.37. The number of nitrogens with one attached hydrogen (secondary N) is 1. The van der Waals surface area contributed by atoms with Gasteiger partial charge in [-0.15, -0.1) is 0 Å². The Labute approximate surface area is 111 Å². The van der Waals surface area contributed by atoms with Crippen LogP contribution in [0.5, 0.6) is 5.75 Å². The van der Waals surface area contributed by atoms with Crippen LogP contribution in [-0.2, 0) is 9.53 Å². The molecular formula is C14H16N2O3. The minimum absolute atomic E-state index is 0.193. The van der Waals surface area contributed by atoms with E-state index < -0.39 is 6.04 Å². The van der Waals surface area contributed by atoms with E-state index >= 15 is 0 Å². The number of fused-ring (bicyclic) bond motifs is 1. The number of aromatic nitrogens is 1. The van der Waals surface area contributed by atoms with E-state index in [9.17, 15) is 4.79 Å². The number of hydrogen-bond acceptors (Lipinski definition) is 5. The smallest absolute Gasteiger partial charge is 0.326 e. The molecule has 0 aliphatic rings. The number of likely N-dealkylation sites (N-methyl/N-ethyl adjacent to an activating group) is 1. The molecule has 5 heteroatoms. The highest BCUT2D eigenvalue weighted by Crippen LogP contribution is 2.22. The zero-order valence-electron chi connectivity index (χ0n) is 10.9. The number of nitrogens with zero attached hydrogens (tertiary/aromatic N) is 1. The van der Waals surface area contributed by atoms with Crippen LogP contribution in [0.4, 0.5) is 0 Å². The summed E-state index contributed by atoms with van der Waals surface area (Å²) in [6.07, 6.45) is 1.71. The van der Waals surface area contributed by atoms with E-state index in [1.807, 2.05) is 30.3 Å². The second kappa shape index (κ2) is 6.15. The van der Waals surface area contributed by atoms with E-state index in [0.717, 1.165) is 10.9 Å². The van der Waals surface area contributed by atoms with E-state index in [1.165, 1.54) is 7.11 Å². The summed E-state index contributed by atoms with van der Waals surface area (Å²) >= 11 is 0. The van der Waals surface area contributed by atoms with E-state index in [4.69, 9.17) is 4.74 Å². The molecule has 0 amide bonds. The Morgan fingerprint density at radius 1 is 1.37 bits per heavy atom. The Balaban J connectivity index is 2.15. The average molecular weight is 260 g/mol. The van der Waals surface area contributed by atoms with Gasteiger partial charge in [0.1, 0.15) is 23.9 Å². The normalized spacial score (nSPS) is 12.1. The predicted molar refractivity (Wildman–Crippen MR) is 72.1 cm³/mol. The fourth-order valence-corrected chi connectivity index (χ4v) is 1.78. The van der Waals surface area contributed by atoms with Crippen molar-refractivity contribution in [1.82, 2.24) is 10.3 Å². The zero-order chi connectivity index (χ0) is 13.7. The topological polar surface area (TPSA) is 60.5 Å². The summed E-state index contributed by atoms with van der Waals surface area (Å²) in [6.45, 7) is 0.193. The van der Waals surface area contributed by atoms with Crippen LogP contribution in [0.2, 0.25) is 0 Å². The first-order valence-corrected chi connectivity index (χ1v) is 5.98. The van der Waals surface area contributed by atoms with Gasteiger partial charge < -0.3 is 14.8 Å². The fraction of sp³-hybridized carbons (Fsp3) is 0.286. The molecule has 1 unspecified atom stereocenters. The number of methoxy groups -OCH3 is 1. The lowest BCUT2D eigenvalue weighted by Gasteiger charge is -2.15. The van der Waals surface area contributed by atoms with Crippen molar-refractivity contribution in [2.24, 2.45) is 0 Å². The lowest BCUT2D eigenvalue weighted by Crippen LogP contribution is -2.40. The molecule has 100 valence electrons. The van der Waals surface area contributed by atoms with Crippen LogP contribution in [0.15, 0.2) is 36.5 Å². The first kappa shape index (κ1) is 13.3. The van der Waals surface area contributed by atoms with Gasteiger partial charge in [0, 0.05) is 11.6 Å². The van der Waals surface area contributed by atoms with Gasteiger partial charge in [0.2, 0.25) is 0 Å². The van der Waals surface area contributed by atoms with Gasteiger partial charge in [-0.1, -0.05) is 18.2 Å². The molecule has 2 rings (SSSR count). The Hall–Kier alpha value is -2.14. The number of carbonyl (C=O) groups is 1. The number of pyridine rings is 1. The van der Waals surface area contributed by atoms with Crippen LogP contribution in [0, 0.1) is 0 Å². The highest BCUT2D eigenvalue weighted by Gasteiger charge is 2.18. The van der Waals surface area contributed by atoms with Gasteiger partial charge in [0.25, 0.3) is 0 Å². The summed E-state index contributed by atoms with van der Waals surface area (Å²) in [5.74, 6) is 0.304. The maximum absolute atomic E-state index is 11.4. The van der Waals surface area contributed by atoms with Gasteiger partial charge in [0.05, 0.1) is 7.11 Å². The van der Waals surface area contributed by atoms with Crippen molar-refractivity contribution in [2.75, 3.05) is 20.8 Å². The Morgan fingerprint density at radius 3 is 2.89 bits per heavy atom. The summed E-state index contributed by atoms with van der Waals surface area (Å²) in [5.41, 5.74) is 0.782. The summed E-state index contributed by atoms with van der Waals surface area (Å²) in [5, 5.41) is 3.85. The SMILES string of the molecule is CNC(COc1cccc2cccnc12)C(=O)OC. The Morgan fingerprint density at radius 2 is 2.16 bits per heavy atom. The molecule has 0 aliphatic carbocycles. The standard InChI is InChI=1S/C14H16N2O3/c1-15-11(14(17)18-2)9-19-12-7-3-5-10-6-4-8-16-13(10)12/h3-8,11,15H,9H2,1-2H3. The van der Waals surface area contributed by atoms with Crippen molar-refractivity contribution in [3.8, 4) is 5.75 Å². The number of carbonyl (C=O) groups excluding carboxylic acids is 1. The van der Waals surface area contributed by atoms with Crippen LogP contribution < -0.4 is 10.1 Å². The first-order chi connectivity index (χ1) is 9.26. The largest absolute Gasteiger partial charge is 0.489 e. The van der Waals surface area contributed by atoms with Crippen LogP contribution in [0.3, 0.4) is 0 Å². The fourth-order valence-electron chi connectivity index (χ4n) is 1.78. The van der Waals surface area contributed by atoms with Gasteiger partial charge in [0.15, 0.2) is 0 Å². The van der Waals surface area contributed by atoms with Crippen molar-refractivity contribution in [2.45, 2.75) is 6.04 Å². The molecule has 0 spiro atoms. The summed E-state index contributed by atoms with van der Waals surface area (Å²) < 4.78 is 10.4. The minimum Gasteiger partial charge on any atom is -0.489 e. The zero-order valence-corrected chi connectivity index (χ0v) is 10.9.